The fourth-order valence-corrected chi connectivity index (χ4v) is 0.486. The highest BCUT2D eigenvalue weighted by Gasteiger charge is 2.00. The van der Waals surface area contributed by atoms with Gasteiger partial charge in [0.15, 0.2) is 6.42 Å². The minimum Gasteiger partial charge on any atom is -0.481 e. The van der Waals surface area contributed by atoms with Crippen molar-refractivity contribution in [2.24, 2.45) is 0 Å². The van der Waals surface area contributed by atoms with Gasteiger partial charge in [0, 0.05) is 0 Å². The van der Waals surface area contributed by atoms with Crippen LogP contribution in [-0.2, 0) is 19.2 Å². The van der Waals surface area contributed by atoms with Gasteiger partial charge >= 0.3 is 20.9 Å². The maximum absolute atomic E-state index is 9.73. The van der Waals surface area contributed by atoms with Gasteiger partial charge in [-0.15, -0.1) is 6.58 Å². The van der Waals surface area contributed by atoms with Gasteiger partial charge in [-0.05, 0) is 20.3 Å². The number of carboxylic acid groups (broad SMARTS) is 2. The minimum atomic E-state index is -0.780. The monoisotopic (exact) mass is 303 g/mol. The van der Waals surface area contributed by atoms with Crippen molar-refractivity contribution in [2.75, 3.05) is 0 Å². The summed E-state index contributed by atoms with van der Waals surface area (Å²) in [6.45, 7) is 9.26. The number of aliphatic carboxylic acids is 2. The second-order valence-electron chi connectivity index (χ2n) is 3.24. The Kier molecular flexibility index (Phi) is 39.5. The first-order valence-corrected chi connectivity index (χ1v) is 6.34. The molecule has 0 spiro atoms. The number of hydrogen-bond acceptors (Lipinski definition) is 4. The number of allylic oxidation sites excluding steroid dienone is 2. The van der Waals surface area contributed by atoms with Crippen molar-refractivity contribution in [3.8, 4) is 0 Å². The Morgan fingerprint density at radius 1 is 1.24 bits per heavy atom. The van der Waals surface area contributed by atoms with E-state index in [2.05, 4.69) is 13.5 Å². The fourth-order valence-electron chi connectivity index (χ4n) is 0.486. The highest BCUT2D eigenvalue weighted by molar-refractivity contribution is 5.68. The average molecular weight is 303 g/mol. The summed E-state index contributed by atoms with van der Waals surface area (Å²) in [5, 5.41) is 16.0. The third-order valence-corrected chi connectivity index (χ3v) is 1.42. The molecule has 0 amide bonds. The number of carboxylic acids is 2. The topological polar surface area (TPSA) is 109 Å². The van der Waals surface area contributed by atoms with Crippen molar-refractivity contribution in [3.05, 3.63) is 31.2 Å². The normalized spacial score (nSPS) is 7.57. The molecule has 0 rings (SSSR count). The van der Waals surface area contributed by atoms with Crippen molar-refractivity contribution in [1.29, 1.82) is 0 Å². The average Bonchev–Trinajstić information content (AvgIpc) is 2.44. The van der Waals surface area contributed by atoms with Crippen molar-refractivity contribution in [3.63, 3.8) is 0 Å². The van der Waals surface area contributed by atoms with E-state index in [0.29, 0.717) is 0 Å². The van der Waals surface area contributed by atoms with Crippen LogP contribution in [-0.4, -0.2) is 28.3 Å². The lowest BCUT2D eigenvalue weighted by molar-refractivity contribution is -0.191. The molecule has 0 saturated heterocycles. The number of carbonyl (C=O) groups is 2. The summed E-state index contributed by atoms with van der Waals surface area (Å²) in [6, 6.07) is 0. The Morgan fingerprint density at radius 3 is 1.76 bits per heavy atom. The van der Waals surface area contributed by atoms with Crippen LogP contribution < -0.4 is 0 Å². The van der Waals surface area contributed by atoms with Gasteiger partial charge in [0.1, 0.15) is 0 Å². The van der Waals surface area contributed by atoms with Gasteiger partial charge in [-0.2, -0.15) is 9.59 Å². The molecule has 0 aliphatic carbocycles. The van der Waals surface area contributed by atoms with E-state index in [1.165, 1.54) is 0 Å². The Hall–Kier alpha value is -2.33. The van der Waals surface area contributed by atoms with Gasteiger partial charge in [0.25, 0.3) is 0 Å². The maximum Gasteiger partial charge on any atom is 1.00 e. The predicted molar refractivity (Wildman–Crippen MR) is 81.6 cm³/mol. The van der Waals surface area contributed by atoms with Crippen molar-refractivity contribution in [2.45, 2.75) is 46.5 Å². The Balaban J connectivity index is -0.0000000428. The number of hydrogen-bond donors (Lipinski definition) is 2. The Labute approximate surface area is 129 Å². The lowest BCUT2D eigenvalue weighted by atomic mass is 10.3. The highest BCUT2D eigenvalue weighted by Crippen LogP contribution is 1.89. The van der Waals surface area contributed by atoms with E-state index in [1.54, 1.807) is 25.5 Å². The van der Waals surface area contributed by atoms with Crippen LogP contribution in [0.15, 0.2) is 24.8 Å². The second kappa shape index (κ2) is 30.6. The maximum atomic E-state index is 9.73. The molecule has 0 unspecified atom stereocenters. The molecular weight excluding hydrogens is 276 g/mol. The molecule has 0 aromatic heterocycles. The van der Waals surface area contributed by atoms with Crippen molar-refractivity contribution < 1.29 is 32.2 Å². The van der Waals surface area contributed by atoms with Gasteiger partial charge in [0.2, 0.25) is 0 Å². The lowest BCUT2D eigenvalue weighted by Gasteiger charge is -1.77. The van der Waals surface area contributed by atoms with Gasteiger partial charge in [-0.1, -0.05) is 25.2 Å². The molecule has 0 saturated carbocycles. The van der Waals surface area contributed by atoms with E-state index in [-0.39, 0.29) is 21.8 Å². The molecule has 120 valence electrons. The molecule has 0 aliphatic rings. The molecule has 0 atom stereocenters. The Morgan fingerprint density at radius 2 is 1.67 bits per heavy atom. The molecule has 6 nitrogen and oxygen atoms in total. The van der Waals surface area contributed by atoms with Crippen molar-refractivity contribution in [1.82, 2.24) is 0 Å². The lowest BCUT2D eigenvalue weighted by Crippen LogP contribution is -1.92. The molecule has 21 heavy (non-hydrogen) atoms. The van der Waals surface area contributed by atoms with E-state index >= 15 is 0 Å². The number of unbranched alkanes of at least 4 members (excludes halogenated alkanes) is 1. The summed E-state index contributed by atoms with van der Waals surface area (Å²) in [7, 11) is 0. The largest absolute Gasteiger partial charge is 1.00 e. The van der Waals surface area contributed by atoms with Crippen LogP contribution >= 0.6 is 0 Å². The van der Waals surface area contributed by atoms with Gasteiger partial charge in [-0.3, -0.25) is 4.79 Å². The van der Waals surface area contributed by atoms with Crippen LogP contribution in [0.1, 0.15) is 49.3 Å². The van der Waals surface area contributed by atoms with E-state index in [9.17, 15) is 9.59 Å². The first-order valence-electron chi connectivity index (χ1n) is 6.34. The summed E-state index contributed by atoms with van der Waals surface area (Å²) >= 11 is 0. The van der Waals surface area contributed by atoms with Crippen LogP contribution in [0.25, 0.3) is 0 Å². The summed E-state index contributed by atoms with van der Waals surface area (Å²) in [5.74, 6) is -1.53. The first-order chi connectivity index (χ1) is 9.87. The molecule has 6 heteroatoms. The molecule has 0 heterocycles. The predicted octanol–water partition coefficient (Wildman–Crippen LogP) is 3.34. The fraction of sp³-hybridized carbons (Fsp3) is 0.467. The SMILES string of the molecule is C/C=C/CC(=O)O.C=CCC.CC[CH+]CC(=O)O.O=C=O.[H+].[H+]. The molecule has 0 aromatic carbocycles. The Bertz CT molecular complexity index is 311. The van der Waals surface area contributed by atoms with Gasteiger partial charge in [0.05, 0.1) is 19.3 Å². The minimum absolute atomic E-state index is 0. The molecule has 0 aromatic rings. The molecular formula is C15H27O6+3. The van der Waals surface area contributed by atoms with Gasteiger partial charge in [-0.25, -0.2) is 4.79 Å². The van der Waals surface area contributed by atoms with E-state index in [4.69, 9.17) is 19.8 Å². The van der Waals surface area contributed by atoms with Crippen LogP contribution in [0.5, 0.6) is 0 Å². The van der Waals surface area contributed by atoms with Crippen LogP contribution in [0.4, 0.5) is 0 Å². The molecule has 0 fully saturated rings. The summed E-state index contributed by atoms with van der Waals surface area (Å²) in [5.41, 5.74) is 0. The third-order valence-electron chi connectivity index (χ3n) is 1.42. The molecule has 2 N–H and O–H groups in total. The van der Waals surface area contributed by atoms with E-state index in [0.717, 1.165) is 12.8 Å². The van der Waals surface area contributed by atoms with Crippen LogP contribution in [0, 0.1) is 6.42 Å². The first kappa shape index (κ1) is 27.1. The molecule has 0 bridgehead atoms. The van der Waals surface area contributed by atoms with Crippen molar-refractivity contribution >= 4 is 18.1 Å². The standard InChI is InChI=1S/2C5H8O2.C4H8.CO2/c2*1-2-3-4-5(6)7;1-3-4-2;2-1-3/h3H,2,4H2,1H3;2-3H,4H2,1H3,(H,6,7);3H,1,4H2,2H3;/p+3/b;3-2+;;. The zero-order valence-electron chi connectivity index (χ0n) is 14.9. The zero-order valence-corrected chi connectivity index (χ0v) is 12.9. The second-order valence-corrected chi connectivity index (χ2v) is 3.24. The summed E-state index contributed by atoms with van der Waals surface area (Å²) < 4.78 is 0. The smallest absolute Gasteiger partial charge is 0.481 e. The third kappa shape index (κ3) is 97.5. The van der Waals surface area contributed by atoms with E-state index < -0.39 is 11.9 Å². The number of rotatable bonds is 6. The summed E-state index contributed by atoms with van der Waals surface area (Å²) in [6.07, 6.45) is 9.41. The molecule has 0 aliphatic heterocycles. The van der Waals surface area contributed by atoms with E-state index in [1.807, 2.05) is 13.0 Å². The van der Waals surface area contributed by atoms with Crippen LogP contribution in [0.3, 0.4) is 0 Å². The quantitative estimate of drug-likeness (QED) is 0.575. The highest BCUT2D eigenvalue weighted by atomic mass is 16.4. The summed E-state index contributed by atoms with van der Waals surface area (Å²) in [4.78, 5) is 35.7. The van der Waals surface area contributed by atoms with Crippen LogP contribution in [0.2, 0.25) is 0 Å². The number of carbonyl (C=O) groups excluding carboxylic acids is 2. The zero-order chi connectivity index (χ0) is 17.5. The molecule has 0 radical (unpaired) electrons. The van der Waals surface area contributed by atoms with Gasteiger partial charge < -0.3 is 10.2 Å².